The van der Waals surface area contributed by atoms with Crippen LogP contribution < -0.4 is 10.2 Å². The van der Waals surface area contributed by atoms with Crippen molar-refractivity contribution in [2.45, 2.75) is 19.8 Å². The van der Waals surface area contributed by atoms with E-state index in [1.165, 1.54) is 22.7 Å². The van der Waals surface area contributed by atoms with Gasteiger partial charge in [0, 0.05) is 17.6 Å². The summed E-state index contributed by atoms with van der Waals surface area (Å²) in [6.07, 6.45) is 0.0195. The van der Waals surface area contributed by atoms with Crippen LogP contribution in [0.2, 0.25) is 5.02 Å². The lowest BCUT2D eigenvalue weighted by Crippen LogP contribution is -2.55. The van der Waals surface area contributed by atoms with Gasteiger partial charge in [0.25, 0.3) is 5.91 Å². The number of carbonyl (C=O) groups is 3. The molecule has 3 aromatic rings. The number of carbonyl (C=O) groups excluding carboxylic acids is 3. The third-order valence-electron chi connectivity index (χ3n) is 5.10. The van der Waals surface area contributed by atoms with Crippen LogP contribution >= 0.6 is 11.6 Å². The van der Waals surface area contributed by atoms with Gasteiger partial charge in [-0.15, -0.1) is 0 Å². The summed E-state index contributed by atoms with van der Waals surface area (Å²) in [6, 6.07) is 12.4. The molecule has 1 aromatic carbocycles. The Hall–Kier alpha value is -3.76. The highest BCUT2D eigenvalue weighted by Gasteiger charge is 2.39. The first-order chi connectivity index (χ1) is 15.7. The Bertz CT molecular complexity index is 1230. The molecule has 2 aromatic heterocycles. The Labute approximate surface area is 194 Å². The molecule has 11 heteroatoms. The average molecular weight is 469 g/mol. The zero-order valence-electron chi connectivity index (χ0n) is 17.9. The van der Waals surface area contributed by atoms with Crippen molar-refractivity contribution in [1.82, 2.24) is 19.4 Å². The summed E-state index contributed by atoms with van der Waals surface area (Å²) < 4.78 is 1.38. The Kier molecular flexibility index (Phi) is 6.12. The van der Waals surface area contributed by atoms with Gasteiger partial charge in [0.05, 0.1) is 18.6 Å². The highest BCUT2D eigenvalue weighted by atomic mass is 35.5. The number of nitrogens with zero attached hydrogens (tertiary/aromatic N) is 5. The fraction of sp³-hybridized carbons (Fsp3) is 0.227. The first-order valence-electron chi connectivity index (χ1n) is 10.0. The number of benzene rings is 1. The van der Waals surface area contributed by atoms with E-state index in [0.29, 0.717) is 16.5 Å². The van der Waals surface area contributed by atoms with Crippen molar-refractivity contribution in [3.05, 3.63) is 59.5 Å². The molecule has 4 rings (SSSR count). The number of pyridine rings is 1. The molecule has 1 aliphatic rings. The van der Waals surface area contributed by atoms with Crippen molar-refractivity contribution in [3.63, 3.8) is 0 Å². The van der Waals surface area contributed by atoms with Gasteiger partial charge in [-0.25, -0.2) is 9.97 Å². The second-order valence-corrected chi connectivity index (χ2v) is 8.04. The number of aromatic nitrogens is 3. The molecule has 2 amide bonds. The van der Waals surface area contributed by atoms with Crippen LogP contribution in [-0.4, -0.2) is 62.1 Å². The fourth-order valence-corrected chi connectivity index (χ4v) is 3.67. The van der Waals surface area contributed by atoms with E-state index in [2.05, 4.69) is 15.3 Å². The number of hydrogen-bond acceptors (Lipinski definition) is 7. The third kappa shape index (κ3) is 4.57. The Morgan fingerprint density at radius 1 is 1.15 bits per heavy atom. The number of amides is 2. The van der Waals surface area contributed by atoms with Gasteiger partial charge < -0.3 is 19.9 Å². The molecule has 1 atom stereocenters. The summed E-state index contributed by atoms with van der Waals surface area (Å²) in [4.78, 5) is 48.2. The lowest BCUT2D eigenvalue weighted by atomic mass is 10.1. The number of imidazole rings is 1. The monoisotopic (exact) mass is 468 g/mol. The second-order valence-electron chi connectivity index (χ2n) is 7.60. The van der Waals surface area contributed by atoms with Gasteiger partial charge in [0.2, 0.25) is 12.3 Å². The standard InChI is InChI=1S/C22H21ClN6O4/c1-13(30)10-29-21(32)19-20(27(2)22(29)33)24-12-28(19)11-18(31)26-17-5-3-4-16(25-17)14-6-8-15(23)9-7-14/h3-9,12,22,33H,10-11H2,1-2H3,(H,25,26,31). The van der Waals surface area contributed by atoms with Crippen molar-refractivity contribution < 1.29 is 19.5 Å². The number of anilines is 2. The van der Waals surface area contributed by atoms with E-state index in [-0.39, 0.29) is 30.4 Å². The molecule has 0 saturated carbocycles. The van der Waals surface area contributed by atoms with Gasteiger partial charge in [-0.2, -0.15) is 0 Å². The van der Waals surface area contributed by atoms with Gasteiger partial charge in [-0.3, -0.25) is 19.3 Å². The number of aliphatic hydroxyl groups excluding tert-OH is 1. The number of ketones is 1. The van der Waals surface area contributed by atoms with Crippen LogP contribution in [0.25, 0.3) is 11.3 Å². The average Bonchev–Trinajstić information content (AvgIpc) is 3.19. The highest BCUT2D eigenvalue weighted by Crippen LogP contribution is 2.28. The largest absolute Gasteiger partial charge is 0.356 e. The molecule has 10 nitrogen and oxygen atoms in total. The van der Waals surface area contributed by atoms with E-state index in [4.69, 9.17) is 11.6 Å². The van der Waals surface area contributed by atoms with Crippen LogP contribution in [0.4, 0.5) is 11.6 Å². The molecule has 1 unspecified atom stereocenters. The van der Waals surface area contributed by atoms with Crippen LogP contribution in [0.15, 0.2) is 48.8 Å². The molecular formula is C22H21ClN6O4. The SMILES string of the molecule is CC(=O)CN1C(=O)c2c(ncn2CC(=O)Nc2cccc(-c3ccc(Cl)cc3)n2)N(C)C1O. The Morgan fingerprint density at radius 2 is 1.88 bits per heavy atom. The summed E-state index contributed by atoms with van der Waals surface area (Å²) >= 11 is 5.93. The molecule has 3 heterocycles. The lowest BCUT2D eigenvalue weighted by molar-refractivity contribution is -0.120. The number of hydrogen-bond donors (Lipinski definition) is 2. The van der Waals surface area contributed by atoms with Crippen molar-refractivity contribution >= 4 is 40.8 Å². The highest BCUT2D eigenvalue weighted by molar-refractivity contribution is 6.30. The van der Waals surface area contributed by atoms with Crippen molar-refractivity contribution in [1.29, 1.82) is 0 Å². The number of nitrogens with one attached hydrogen (secondary N) is 1. The van der Waals surface area contributed by atoms with Crippen LogP contribution in [0, 0.1) is 0 Å². The van der Waals surface area contributed by atoms with Crippen LogP contribution in [-0.2, 0) is 16.1 Å². The predicted octanol–water partition coefficient (Wildman–Crippen LogP) is 1.99. The zero-order chi connectivity index (χ0) is 23.7. The Balaban J connectivity index is 1.52. The van der Waals surface area contributed by atoms with E-state index < -0.39 is 18.2 Å². The van der Waals surface area contributed by atoms with Gasteiger partial charge >= 0.3 is 0 Å². The van der Waals surface area contributed by atoms with E-state index in [1.807, 2.05) is 18.2 Å². The van der Waals surface area contributed by atoms with Gasteiger partial charge in [-0.1, -0.05) is 29.8 Å². The fourth-order valence-electron chi connectivity index (χ4n) is 3.54. The van der Waals surface area contributed by atoms with E-state index in [1.54, 1.807) is 31.3 Å². The van der Waals surface area contributed by atoms with Gasteiger partial charge in [0.1, 0.15) is 18.1 Å². The van der Waals surface area contributed by atoms with E-state index in [0.717, 1.165) is 10.5 Å². The molecule has 0 bridgehead atoms. The summed E-state index contributed by atoms with van der Waals surface area (Å²) in [6.45, 7) is 0.854. The maximum atomic E-state index is 12.9. The number of rotatable bonds is 6. The minimum Gasteiger partial charge on any atom is -0.356 e. The maximum Gasteiger partial charge on any atom is 0.278 e. The molecular weight excluding hydrogens is 448 g/mol. The maximum absolute atomic E-state index is 12.9. The normalized spacial score (nSPS) is 15.4. The van der Waals surface area contributed by atoms with Crippen LogP contribution in [0.5, 0.6) is 0 Å². The lowest BCUT2D eigenvalue weighted by Gasteiger charge is -2.38. The first kappa shape index (κ1) is 22.4. The molecule has 1 aliphatic heterocycles. The second kappa shape index (κ2) is 9.00. The summed E-state index contributed by atoms with van der Waals surface area (Å²) in [7, 11) is 1.55. The van der Waals surface area contributed by atoms with Crippen molar-refractivity contribution in [3.8, 4) is 11.3 Å². The molecule has 170 valence electrons. The number of fused-ring (bicyclic) bond motifs is 1. The van der Waals surface area contributed by atoms with Gasteiger partial charge in [0.15, 0.2) is 11.5 Å². The quantitative estimate of drug-likeness (QED) is 0.567. The zero-order valence-corrected chi connectivity index (χ0v) is 18.7. The van der Waals surface area contributed by atoms with Crippen LogP contribution in [0.3, 0.4) is 0 Å². The molecule has 0 aliphatic carbocycles. The van der Waals surface area contributed by atoms with Crippen molar-refractivity contribution in [2.75, 3.05) is 23.8 Å². The molecule has 33 heavy (non-hydrogen) atoms. The number of Topliss-reactive ketones (excluding diaryl/α,β-unsaturated/α-hetero) is 1. The minimum absolute atomic E-state index is 0.113. The number of halogens is 1. The molecule has 0 radical (unpaired) electrons. The smallest absolute Gasteiger partial charge is 0.278 e. The summed E-state index contributed by atoms with van der Waals surface area (Å²) in [5, 5.41) is 13.7. The molecule has 0 fully saturated rings. The summed E-state index contributed by atoms with van der Waals surface area (Å²) in [5.41, 5.74) is 1.62. The van der Waals surface area contributed by atoms with Crippen LogP contribution in [0.1, 0.15) is 17.4 Å². The van der Waals surface area contributed by atoms with E-state index >= 15 is 0 Å². The predicted molar refractivity (Wildman–Crippen MR) is 122 cm³/mol. The third-order valence-corrected chi connectivity index (χ3v) is 5.36. The first-order valence-corrected chi connectivity index (χ1v) is 10.4. The Morgan fingerprint density at radius 3 is 2.58 bits per heavy atom. The van der Waals surface area contributed by atoms with E-state index in [9.17, 15) is 19.5 Å². The molecule has 2 N–H and O–H groups in total. The number of aliphatic hydroxyl groups is 1. The van der Waals surface area contributed by atoms with Crippen molar-refractivity contribution in [2.24, 2.45) is 0 Å². The molecule has 0 saturated heterocycles. The summed E-state index contributed by atoms with van der Waals surface area (Å²) in [5.74, 6) is -0.717. The molecule has 0 spiro atoms. The van der Waals surface area contributed by atoms with Gasteiger partial charge in [-0.05, 0) is 31.2 Å². The topological polar surface area (TPSA) is 121 Å². The minimum atomic E-state index is -1.33.